The molecule has 2 fully saturated rings. The molecule has 3 N–H and O–H groups in total. The quantitative estimate of drug-likeness (QED) is 0.660. The average molecular weight is 287 g/mol. The Morgan fingerprint density at radius 3 is 2.84 bits per heavy atom. The molecule has 0 aromatic heterocycles. The summed E-state index contributed by atoms with van der Waals surface area (Å²) >= 11 is 1.16. The molecule has 0 bridgehead atoms. The van der Waals surface area contributed by atoms with E-state index in [1.54, 1.807) is 7.11 Å². The van der Waals surface area contributed by atoms with Crippen LogP contribution in [0.5, 0.6) is 0 Å². The number of hydrogen-bond acceptors (Lipinski definition) is 5. The number of carbonyl (C=O) groups excluding carboxylic acids is 2. The van der Waals surface area contributed by atoms with Crippen molar-refractivity contribution in [3.63, 3.8) is 0 Å². The van der Waals surface area contributed by atoms with Crippen molar-refractivity contribution in [1.82, 2.24) is 16.0 Å². The van der Waals surface area contributed by atoms with Crippen LogP contribution in [0.4, 0.5) is 4.79 Å². The second-order valence-corrected chi connectivity index (χ2v) is 6.19. The van der Waals surface area contributed by atoms with E-state index < -0.39 is 0 Å². The van der Waals surface area contributed by atoms with Crippen molar-refractivity contribution in [3.05, 3.63) is 0 Å². The first-order valence-corrected chi connectivity index (χ1v) is 7.54. The smallest absolute Gasteiger partial charge is 0.279 e. The van der Waals surface area contributed by atoms with Crippen LogP contribution in [0.15, 0.2) is 0 Å². The van der Waals surface area contributed by atoms with Crippen LogP contribution in [0.2, 0.25) is 0 Å². The minimum Gasteiger partial charge on any atom is -0.384 e. The minimum absolute atomic E-state index is 0.0193. The van der Waals surface area contributed by atoms with E-state index in [1.165, 1.54) is 0 Å². The lowest BCUT2D eigenvalue weighted by Crippen LogP contribution is -2.50. The molecule has 19 heavy (non-hydrogen) atoms. The molecule has 2 rings (SSSR count). The number of methoxy groups -OCH3 is 1. The van der Waals surface area contributed by atoms with Gasteiger partial charge in [-0.05, 0) is 25.9 Å². The Morgan fingerprint density at radius 1 is 1.53 bits per heavy atom. The molecule has 7 heteroatoms. The molecule has 2 aliphatic heterocycles. The number of amides is 2. The SMILES string of the molecule is COCC1(CNC(=O)[C@@H]2CSC(=O)N2)CCNCC1. The van der Waals surface area contributed by atoms with Crippen LogP contribution < -0.4 is 16.0 Å². The largest absolute Gasteiger partial charge is 0.384 e. The highest BCUT2D eigenvalue weighted by Crippen LogP contribution is 2.28. The van der Waals surface area contributed by atoms with Gasteiger partial charge < -0.3 is 20.7 Å². The van der Waals surface area contributed by atoms with E-state index in [9.17, 15) is 9.59 Å². The average Bonchev–Trinajstić information content (AvgIpc) is 2.84. The number of nitrogens with one attached hydrogen (secondary N) is 3. The van der Waals surface area contributed by atoms with E-state index in [2.05, 4.69) is 16.0 Å². The monoisotopic (exact) mass is 287 g/mol. The summed E-state index contributed by atoms with van der Waals surface area (Å²) in [7, 11) is 1.69. The maximum atomic E-state index is 12.0. The van der Waals surface area contributed by atoms with Crippen molar-refractivity contribution in [3.8, 4) is 0 Å². The first-order valence-electron chi connectivity index (χ1n) is 6.56. The van der Waals surface area contributed by atoms with Crippen LogP contribution >= 0.6 is 11.8 Å². The van der Waals surface area contributed by atoms with Crippen LogP contribution in [0.3, 0.4) is 0 Å². The lowest BCUT2D eigenvalue weighted by molar-refractivity contribution is -0.123. The van der Waals surface area contributed by atoms with E-state index in [0.717, 1.165) is 37.7 Å². The van der Waals surface area contributed by atoms with Gasteiger partial charge >= 0.3 is 0 Å². The number of carbonyl (C=O) groups is 2. The van der Waals surface area contributed by atoms with Crippen LogP contribution in [-0.2, 0) is 9.53 Å². The third kappa shape index (κ3) is 3.84. The van der Waals surface area contributed by atoms with E-state index in [-0.39, 0.29) is 22.6 Å². The molecule has 6 nitrogen and oxygen atoms in total. The van der Waals surface area contributed by atoms with Crippen molar-refractivity contribution in [2.24, 2.45) is 5.41 Å². The molecule has 0 aliphatic carbocycles. The molecule has 0 aromatic carbocycles. The Kier molecular flexibility index (Phi) is 5.06. The lowest BCUT2D eigenvalue weighted by Gasteiger charge is -2.37. The van der Waals surface area contributed by atoms with Crippen molar-refractivity contribution in [2.75, 3.05) is 39.1 Å². The van der Waals surface area contributed by atoms with Gasteiger partial charge in [-0.15, -0.1) is 0 Å². The Morgan fingerprint density at radius 2 is 2.26 bits per heavy atom. The van der Waals surface area contributed by atoms with Crippen molar-refractivity contribution < 1.29 is 14.3 Å². The van der Waals surface area contributed by atoms with Crippen molar-refractivity contribution in [1.29, 1.82) is 0 Å². The molecule has 1 atom stereocenters. The van der Waals surface area contributed by atoms with E-state index in [0.29, 0.717) is 18.9 Å². The molecule has 108 valence electrons. The summed E-state index contributed by atoms with van der Waals surface area (Å²) < 4.78 is 5.31. The molecule has 0 saturated carbocycles. The van der Waals surface area contributed by atoms with Crippen LogP contribution in [0, 0.1) is 5.41 Å². The maximum Gasteiger partial charge on any atom is 0.279 e. The van der Waals surface area contributed by atoms with Crippen molar-refractivity contribution in [2.45, 2.75) is 18.9 Å². The lowest BCUT2D eigenvalue weighted by atomic mass is 9.79. The highest BCUT2D eigenvalue weighted by Gasteiger charge is 2.34. The van der Waals surface area contributed by atoms with Gasteiger partial charge in [0.25, 0.3) is 5.24 Å². The third-order valence-corrected chi connectivity index (χ3v) is 4.62. The van der Waals surface area contributed by atoms with Gasteiger partial charge in [0.15, 0.2) is 0 Å². The molecule has 0 spiro atoms. The summed E-state index contributed by atoms with van der Waals surface area (Å²) in [4.78, 5) is 23.1. The Labute approximate surface area is 117 Å². The zero-order chi connectivity index (χ0) is 13.7. The Hall–Kier alpha value is -0.790. The second kappa shape index (κ2) is 6.58. The van der Waals surface area contributed by atoms with E-state index in [4.69, 9.17) is 4.74 Å². The van der Waals surface area contributed by atoms with Crippen LogP contribution in [0.1, 0.15) is 12.8 Å². The molecule has 2 saturated heterocycles. The predicted molar refractivity (Wildman–Crippen MR) is 74.2 cm³/mol. The van der Waals surface area contributed by atoms with E-state index >= 15 is 0 Å². The van der Waals surface area contributed by atoms with Crippen LogP contribution in [-0.4, -0.2) is 56.3 Å². The summed E-state index contributed by atoms with van der Waals surface area (Å²) in [6, 6.07) is -0.390. The van der Waals surface area contributed by atoms with Gasteiger partial charge in [0, 0.05) is 24.8 Å². The Balaban J connectivity index is 1.84. The third-order valence-electron chi connectivity index (χ3n) is 3.74. The van der Waals surface area contributed by atoms with Gasteiger partial charge in [-0.25, -0.2) is 0 Å². The van der Waals surface area contributed by atoms with Gasteiger partial charge in [-0.1, -0.05) is 11.8 Å². The Bertz CT molecular complexity index is 340. The van der Waals surface area contributed by atoms with Gasteiger partial charge in [0.05, 0.1) is 6.61 Å². The van der Waals surface area contributed by atoms with Gasteiger partial charge in [0.1, 0.15) is 6.04 Å². The molecular weight excluding hydrogens is 266 g/mol. The number of hydrogen-bond donors (Lipinski definition) is 3. The molecule has 0 radical (unpaired) electrons. The highest BCUT2D eigenvalue weighted by atomic mass is 32.2. The fourth-order valence-electron chi connectivity index (χ4n) is 2.56. The van der Waals surface area contributed by atoms with Crippen molar-refractivity contribution >= 4 is 22.9 Å². The first-order chi connectivity index (χ1) is 9.15. The number of ether oxygens (including phenoxy) is 1. The summed E-state index contributed by atoms with van der Waals surface area (Å²) in [6.45, 7) is 3.17. The second-order valence-electron chi connectivity index (χ2n) is 5.20. The molecule has 0 aromatic rings. The molecule has 0 unspecified atom stereocenters. The standard InChI is InChI=1S/C12H21N3O3S/c1-18-8-12(2-4-13-5-3-12)7-14-10(16)9-6-19-11(17)15-9/h9,13H,2-8H2,1H3,(H,14,16)(H,15,17)/t9-/m0/s1. The molecule has 2 amide bonds. The van der Waals surface area contributed by atoms with Crippen LogP contribution in [0.25, 0.3) is 0 Å². The highest BCUT2D eigenvalue weighted by molar-refractivity contribution is 8.14. The summed E-state index contributed by atoms with van der Waals surface area (Å²) in [6.07, 6.45) is 1.99. The summed E-state index contributed by atoms with van der Waals surface area (Å²) in [5.41, 5.74) is 0.0193. The van der Waals surface area contributed by atoms with Gasteiger partial charge in [-0.2, -0.15) is 0 Å². The zero-order valence-electron chi connectivity index (χ0n) is 11.2. The normalized spacial score (nSPS) is 25.9. The van der Waals surface area contributed by atoms with E-state index in [1.807, 2.05) is 0 Å². The zero-order valence-corrected chi connectivity index (χ0v) is 12.0. The minimum atomic E-state index is -0.390. The predicted octanol–water partition coefficient (Wildman–Crippen LogP) is -0.0562. The molecule has 2 heterocycles. The fraction of sp³-hybridized carbons (Fsp3) is 0.833. The molecule has 2 aliphatic rings. The summed E-state index contributed by atoms with van der Waals surface area (Å²) in [5, 5.41) is 8.82. The maximum absolute atomic E-state index is 12.0. The fourth-order valence-corrected chi connectivity index (χ4v) is 3.34. The molecular formula is C12H21N3O3S. The van der Waals surface area contributed by atoms with Gasteiger partial charge in [0.2, 0.25) is 5.91 Å². The summed E-state index contributed by atoms with van der Waals surface area (Å²) in [5.74, 6) is 0.427. The number of piperidine rings is 1. The topological polar surface area (TPSA) is 79.5 Å². The number of rotatable bonds is 5. The first kappa shape index (κ1) is 14.6. The van der Waals surface area contributed by atoms with Gasteiger partial charge in [-0.3, -0.25) is 9.59 Å². The number of thioether (sulfide) groups is 1.